The Morgan fingerprint density at radius 1 is 1.32 bits per heavy atom. The van der Waals surface area contributed by atoms with Gasteiger partial charge in [0.05, 0.1) is 12.7 Å². The lowest BCUT2D eigenvalue weighted by molar-refractivity contribution is -0.0508. The van der Waals surface area contributed by atoms with Crippen molar-refractivity contribution in [2.24, 2.45) is 0 Å². The van der Waals surface area contributed by atoms with Gasteiger partial charge in [0.25, 0.3) is 0 Å². The molecule has 0 saturated carbocycles. The Hall–Kier alpha value is -1.13. The van der Waals surface area contributed by atoms with Crippen LogP contribution < -0.4 is 4.74 Å². The molecule has 19 heavy (non-hydrogen) atoms. The summed E-state index contributed by atoms with van der Waals surface area (Å²) in [4.78, 5) is 2.35. The fraction of sp³-hybridized carbons (Fsp3) is 0.600. The zero-order valence-electron chi connectivity index (χ0n) is 11.4. The van der Waals surface area contributed by atoms with Crippen molar-refractivity contribution < 1.29 is 14.2 Å². The summed E-state index contributed by atoms with van der Waals surface area (Å²) in [5.41, 5.74) is -0.369. The molecule has 2 aliphatic rings. The first-order valence-electron chi connectivity index (χ1n) is 6.82. The summed E-state index contributed by atoms with van der Waals surface area (Å²) in [7, 11) is 3.67. The number of halogens is 1. The molecule has 2 atom stereocenters. The molecule has 3 nitrogen and oxygen atoms in total. The standard InChI is InChI=1S/C15H20FNO2/c1-17-11-4-5-12(17)9-15(18,8-11)13-7-10(16)3-6-14(13)19-2/h3,6-7,11-12,18H,4-5,8-9H2,1-2H3. The summed E-state index contributed by atoms with van der Waals surface area (Å²) in [5, 5.41) is 11.0. The van der Waals surface area contributed by atoms with Gasteiger partial charge >= 0.3 is 0 Å². The fourth-order valence-electron chi connectivity index (χ4n) is 3.71. The molecule has 0 amide bonds. The molecular formula is C15H20FNO2. The van der Waals surface area contributed by atoms with E-state index in [1.54, 1.807) is 13.2 Å². The third-order valence-corrected chi connectivity index (χ3v) is 4.79. The first-order chi connectivity index (χ1) is 9.03. The number of fused-ring (bicyclic) bond motifs is 2. The summed E-state index contributed by atoms with van der Waals surface area (Å²) in [6.07, 6.45) is 3.53. The van der Waals surface area contributed by atoms with E-state index in [0.717, 1.165) is 12.8 Å². The highest BCUT2D eigenvalue weighted by Crippen LogP contribution is 2.47. The first kappa shape index (κ1) is 12.9. The van der Waals surface area contributed by atoms with Crippen LogP contribution in [-0.2, 0) is 5.60 Å². The maximum atomic E-state index is 13.5. The fourth-order valence-corrected chi connectivity index (χ4v) is 3.71. The molecule has 4 heteroatoms. The maximum absolute atomic E-state index is 13.5. The Balaban J connectivity index is 1.99. The molecule has 0 spiro atoms. The number of benzene rings is 1. The van der Waals surface area contributed by atoms with E-state index in [4.69, 9.17) is 4.74 Å². The molecule has 0 aliphatic carbocycles. The van der Waals surface area contributed by atoms with Gasteiger partial charge in [0.2, 0.25) is 0 Å². The Morgan fingerprint density at radius 3 is 2.53 bits per heavy atom. The minimum absolute atomic E-state index is 0.324. The molecule has 2 bridgehead atoms. The van der Waals surface area contributed by atoms with E-state index in [-0.39, 0.29) is 5.82 Å². The molecule has 1 aromatic rings. The summed E-state index contributed by atoms with van der Waals surface area (Å²) in [6, 6.07) is 5.16. The van der Waals surface area contributed by atoms with Gasteiger partial charge in [-0.3, -0.25) is 0 Å². The number of aliphatic hydroxyl groups is 1. The van der Waals surface area contributed by atoms with Crippen LogP contribution >= 0.6 is 0 Å². The Morgan fingerprint density at radius 2 is 1.95 bits per heavy atom. The van der Waals surface area contributed by atoms with E-state index in [1.807, 2.05) is 0 Å². The molecule has 2 heterocycles. The molecular weight excluding hydrogens is 245 g/mol. The minimum Gasteiger partial charge on any atom is -0.496 e. The van der Waals surface area contributed by atoms with Crippen LogP contribution in [0.25, 0.3) is 0 Å². The van der Waals surface area contributed by atoms with Gasteiger partial charge in [-0.1, -0.05) is 0 Å². The van der Waals surface area contributed by atoms with Crippen molar-refractivity contribution in [3.05, 3.63) is 29.6 Å². The lowest BCUT2D eigenvalue weighted by Gasteiger charge is -2.42. The Kier molecular flexibility index (Phi) is 3.02. The minimum atomic E-state index is -0.966. The van der Waals surface area contributed by atoms with Crippen LogP contribution in [0.1, 0.15) is 31.2 Å². The van der Waals surface area contributed by atoms with Gasteiger partial charge in [-0.25, -0.2) is 4.39 Å². The maximum Gasteiger partial charge on any atom is 0.125 e. The van der Waals surface area contributed by atoms with Gasteiger partial charge in [0, 0.05) is 17.6 Å². The summed E-state index contributed by atoms with van der Waals surface area (Å²) < 4.78 is 18.8. The van der Waals surface area contributed by atoms with Crippen LogP contribution in [0.5, 0.6) is 5.75 Å². The van der Waals surface area contributed by atoms with Crippen LogP contribution in [0, 0.1) is 5.82 Å². The predicted octanol–water partition coefficient (Wildman–Crippen LogP) is 2.28. The molecule has 104 valence electrons. The Bertz CT molecular complexity index is 477. The highest BCUT2D eigenvalue weighted by Gasteiger charge is 2.47. The van der Waals surface area contributed by atoms with Gasteiger partial charge in [0.1, 0.15) is 11.6 Å². The molecule has 2 fully saturated rings. The molecule has 1 N–H and O–H groups in total. The quantitative estimate of drug-likeness (QED) is 0.890. The van der Waals surface area contributed by atoms with Crippen molar-refractivity contribution in [2.45, 2.75) is 43.4 Å². The molecule has 2 unspecified atom stereocenters. The number of hydrogen-bond donors (Lipinski definition) is 1. The van der Waals surface area contributed by atoms with Crippen molar-refractivity contribution >= 4 is 0 Å². The van der Waals surface area contributed by atoms with Gasteiger partial charge in [-0.2, -0.15) is 0 Å². The lowest BCUT2D eigenvalue weighted by atomic mass is 9.80. The van der Waals surface area contributed by atoms with Crippen LogP contribution in [0.4, 0.5) is 4.39 Å². The van der Waals surface area contributed by atoms with Crippen molar-refractivity contribution in [2.75, 3.05) is 14.2 Å². The molecule has 3 rings (SSSR count). The smallest absolute Gasteiger partial charge is 0.125 e. The molecule has 0 aromatic heterocycles. The summed E-state index contributed by atoms with van der Waals surface area (Å²) in [6.45, 7) is 0. The highest BCUT2D eigenvalue weighted by molar-refractivity contribution is 5.39. The largest absolute Gasteiger partial charge is 0.496 e. The molecule has 2 saturated heterocycles. The average Bonchev–Trinajstić information content (AvgIpc) is 2.63. The van der Waals surface area contributed by atoms with E-state index >= 15 is 0 Å². The van der Waals surface area contributed by atoms with Crippen molar-refractivity contribution in [1.29, 1.82) is 0 Å². The number of methoxy groups -OCH3 is 1. The average molecular weight is 265 g/mol. The Labute approximate surface area is 113 Å². The topological polar surface area (TPSA) is 32.7 Å². The number of piperidine rings is 1. The second-order valence-corrected chi connectivity index (χ2v) is 5.83. The van der Waals surface area contributed by atoms with E-state index in [2.05, 4.69) is 11.9 Å². The second kappa shape index (κ2) is 4.46. The third kappa shape index (κ3) is 2.03. The van der Waals surface area contributed by atoms with Gasteiger partial charge in [-0.15, -0.1) is 0 Å². The SMILES string of the molecule is COc1ccc(F)cc1C1(O)CC2CCC(C1)N2C. The molecule has 2 aliphatic heterocycles. The number of nitrogens with zero attached hydrogens (tertiary/aromatic N) is 1. The molecule has 0 radical (unpaired) electrons. The lowest BCUT2D eigenvalue weighted by Crippen LogP contribution is -2.47. The zero-order valence-corrected chi connectivity index (χ0v) is 11.4. The number of rotatable bonds is 2. The van der Waals surface area contributed by atoms with Gasteiger partial charge in [-0.05, 0) is 50.9 Å². The number of ether oxygens (including phenoxy) is 1. The zero-order chi connectivity index (χ0) is 13.6. The summed E-state index contributed by atoms with van der Waals surface area (Å²) >= 11 is 0. The molecule has 1 aromatic carbocycles. The van der Waals surface area contributed by atoms with Crippen LogP contribution in [0.3, 0.4) is 0 Å². The normalized spacial score (nSPS) is 34.5. The van der Waals surface area contributed by atoms with E-state index in [0.29, 0.717) is 36.2 Å². The first-order valence-corrected chi connectivity index (χ1v) is 6.82. The summed E-state index contributed by atoms with van der Waals surface area (Å²) in [5.74, 6) is 0.253. The van der Waals surface area contributed by atoms with Crippen molar-refractivity contribution in [3.63, 3.8) is 0 Å². The second-order valence-electron chi connectivity index (χ2n) is 5.83. The monoisotopic (exact) mass is 265 g/mol. The highest BCUT2D eigenvalue weighted by atomic mass is 19.1. The number of hydrogen-bond acceptors (Lipinski definition) is 3. The predicted molar refractivity (Wildman–Crippen MR) is 70.7 cm³/mol. The van der Waals surface area contributed by atoms with Crippen LogP contribution in [0.2, 0.25) is 0 Å². The van der Waals surface area contributed by atoms with E-state index in [1.165, 1.54) is 12.1 Å². The van der Waals surface area contributed by atoms with Crippen molar-refractivity contribution in [3.8, 4) is 5.75 Å². The van der Waals surface area contributed by atoms with Gasteiger partial charge in [0.15, 0.2) is 0 Å². The van der Waals surface area contributed by atoms with Crippen molar-refractivity contribution in [1.82, 2.24) is 4.90 Å². The van der Waals surface area contributed by atoms with E-state index in [9.17, 15) is 9.50 Å². The third-order valence-electron chi connectivity index (χ3n) is 4.79. The van der Waals surface area contributed by atoms with Gasteiger partial charge < -0.3 is 14.7 Å². The van der Waals surface area contributed by atoms with Crippen LogP contribution in [-0.4, -0.2) is 36.2 Å². The van der Waals surface area contributed by atoms with Crippen LogP contribution in [0.15, 0.2) is 18.2 Å². The van der Waals surface area contributed by atoms with E-state index < -0.39 is 5.60 Å².